The Morgan fingerprint density at radius 3 is 3.00 bits per heavy atom. The number of carbonyl (C=O) groups is 1. The van der Waals surface area contributed by atoms with E-state index >= 15 is 0 Å². The smallest absolute Gasteiger partial charge is 0.293 e. The summed E-state index contributed by atoms with van der Waals surface area (Å²) >= 11 is 0. The van der Waals surface area contributed by atoms with Crippen LogP contribution in [-0.4, -0.2) is 54.7 Å². The van der Waals surface area contributed by atoms with Gasteiger partial charge in [-0.1, -0.05) is 0 Å². The normalized spacial score (nSPS) is 18.9. The third-order valence-corrected chi connectivity index (χ3v) is 3.66. The molecule has 2 aromatic rings. The van der Waals surface area contributed by atoms with Crippen LogP contribution < -0.4 is 0 Å². The molecule has 0 radical (unpaired) electrons. The van der Waals surface area contributed by atoms with Crippen LogP contribution in [-0.2, 0) is 0 Å². The van der Waals surface area contributed by atoms with Crippen LogP contribution >= 0.6 is 0 Å². The highest BCUT2D eigenvalue weighted by Crippen LogP contribution is 2.19. The minimum absolute atomic E-state index is 0.0184. The molecule has 0 saturated carbocycles. The van der Waals surface area contributed by atoms with Crippen molar-refractivity contribution in [3.05, 3.63) is 23.3 Å². The summed E-state index contributed by atoms with van der Waals surface area (Å²) in [5.41, 5.74) is 1.73. The van der Waals surface area contributed by atoms with Crippen LogP contribution in [0.5, 0.6) is 0 Å². The zero-order chi connectivity index (χ0) is 14.3. The van der Waals surface area contributed by atoms with E-state index in [1.54, 1.807) is 9.42 Å². The molecule has 1 fully saturated rings. The Kier molecular flexibility index (Phi) is 3.13. The number of aryl methyl sites for hydroxylation is 2. The van der Waals surface area contributed by atoms with Gasteiger partial charge in [0.15, 0.2) is 0 Å². The monoisotopic (exact) mass is 275 g/mol. The Morgan fingerprint density at radius 1 is 1.45 bits per heavy atom. The number of aromatic nitrogens is 4. The molecule has 1 atom stereocenters. The molecule has 1 aliphatic heterocycles. The Balaban J connectivity index is 1.98. The van der Waals surface area contributed by atoms with E-state index in [1.165, 1.54) is 0 Å². The third kappa shape index (κ3) is 2.03. The highest BCUT2D eigenvalue weighted by molar-refractivity contribution is 5.91. The average Bonchev–Trinajstić information content (AvgIpc) is 3.03. The number of aliphatic hydroxyl groups is 1. The first-order chi connectivity index (χ1) is 9.60. The van der Waals surface area contributed by atoms with Gasteiger partial charge in [-0.3, -0.25) is 4.79 Å². The number of hydrogen-bond acceptors (Lipinski definition) is 5. The van der Waals surface area contributed by atoms with E-state index in [2.05, 4.69) is 15.1 Å². The molecule has 1 amide bonds. The number of carbonyl (C=O) groups excluding carboxylic acids is 1. The number of likely N-dealkylation sites (tertiary alicyclic amines) is 1. The zero-order valence-corrected chi connectivity index (χ0v) is 11.6. The van der Waals surface area contributed by atoms with Crippen LogP contribution in [0.2, 0.25) is 0 Å². The minimum atomic E-state index is -0.232. The Bertz CT molecular complexity index is 666. The average molecular weight is 275 g/mol. The highest BCUT2D eigenvalue weighted by Gasteiger charge is 2.31. The predicted molar refractivity (Wildman–Crippen MR) is 71.4 cm³/mol. The summed E-state index contributed by atoms with van der Waals surface area (Å²) in [7, 11) is 0. The van der Waals surface area contributed by atoms with Gasteiger partial charge in [0.2, 0.25) is 5.82 Å². The summed E-state index contributed by atoms with van der Waals surface area (Å²) in [6.07, 6.45) is 1.73. The first-order valence-corrected chi connectivity index (χ1v) is 6.73. The summed E-state index contributed by atoms with van der Waals surface area (Å²) in [6.45, 7) is 4.41. The van der Waals surface area contributed by atoms with Crippen LogP contribution in [0.4, 0.5) is 0 Å². The molecule has 7 nitrogen and oxygen atoms in total. The van der Waals surface area contributed by atoms with Crippen molar-refractivity contribution < 1.29 is 9.90 Å². The van der Waals surface area contributed by atoms with Crippen molar-refractivity contribution in [3.63, 3.8) is 0 Å². The van der Waals surface area contributed by atoms with Gasteiger partial charge in [0.1, 0.15) is 0 Å². The van der Waals surface area contributed by atoms with Gasteiger partial charge in [-0.2, -0.15) is 4.98 Å². The highest BCUT2D eigenvalue weighted by atomic mass is 16.3. The Labute approximate surface area is 116 Å². The molecule has 3 heterocycles. The maximum atomic E-state index is 12.4. The molecule has 3 rings (SSSR count). The number of rotatable bonds is 2. The van der Waals surface area contributed by atoms with Gasteiger partial charge in [-0.05, 0) is 32.8 Å². The molecule has 106 valence electrons. The van der Waals surface area contributed by atoms with E-state index in [0.29, 0.717) is 12.3 Å². The number of hydrogen-bond donors (Lipinski definition) is 1. The predicted octanol–water partition coefficient (Wildman–Crippen LogP) is 0.338. The lowest BCUT2D eigenvalue weighted by atomic mass is 10.2. The van der Waals surface area contributed by atoms with Crippen LogP contribution in [0, 0.1) is 13.8 Å². The lowest BCUT2D eigenvalue weighted by molar-refractivity contribution is 0.0665. The molecule has 2 aromatic heterocycles. The zero-order valence-electron chi connectivity index (χ0n) is 11.6. The SMILES string of the molecule is Cc1cc(C)n2nc(C(=O)N3CCC[C@H]3CO)nc2n1. The summed E-state index contributed by atoms with van der Waals surface area (Å²) in [4.78, 5) is 22.6. The van der Waals surface area contributed by atoms with Gasteiger partial charge in [0, 0.05) is 17.9 Å². The number of nitrogens with zero attached hydrogens (tertiary/aromatic N) is 5. The van der Waals surface area contributed by atoms with Crippen LogP contribution in [0.15, 0.2) is 6.07 Å². The summed E-state index contributed by atoms with van der Waals surface area (Å²) in [6, 6.07) is 1.77. The van der Waals surface area contributed by atoms with E-state index in [9.17, 15) is 9.90 Å². The molecular weight excluding hydrogens is 258 g/mol. The maximum Gasteiger partial charge on any atom is 0.293 e. The number of amides is 1. The quantitative estimate of drug-likeness (QED) is 0.854. The van der Waals surface area contributed by atoms with Crippen LogP contribution in [0.25, 0.3) is 5.78 Å². The van der Waals surface area contributed by atoms with Crippen molar-refractivity contribution in [3.8, 4) is 0 Å². The lowest BCUT2D eigenvalue weighted by Crippen LogP contribution is -2.38. The van der Waals surface area contributed by atoms with Crippen molar-refractivity contribution in [1.82, 2.24) is 24.5 Å². The standard InChI is InChI=1S/C13H17N5O2/c1-8-6-9(2)18-13(14-8)15-11(16-18)12(20)17-5-3-4-10(17)7-19/h6,10,19H,3-5,7H2,1-2H3/t10-/m0/s1. The Hall–Kier alpha value is -2.02. The van der Waals surface area contributed by atoms with Gasteiger partial charge in [0.05, 0.1) is 12.6 Å². The van der Waals surface area contributed by atoms with Crippen molar-refractivity contribution in [1.29, 1.82) is 0 Å². The van der Waals surface area contributed by atoms with Crippen molar-refractivity contribution >= 4 is 11.7 Å². The minimum Gasteiger partial charge on any atom is -0.394 e. The van der Waals surface area contributed by atoms with E-state index in [-0.39, 0.29) is 24.4 Å². The second kappa shape index (κ2) is 4.82. The van der Waals surface area contributed by atoms with Crippen molar-refractivity contribution in [2.75, 3.05) is 13.2 Å². The second-order valence-electron chi connectivity index (χ2n) is 5.16. The first-order valence-electron chi connectivity index (χ1n) is 6.73. The Morgan fingerprint density at radius 2 is 2.25 bits per heavy atom. The molecule has 0 aromatic carbocycles. The van der Waals surface area contributed by atoms with E-state index < -0.39 is 0 Å². The molecular formula is C13H17N5O2. The van der Waals surface area contributed by atoms with E-state index in [0.717, 1.165) is 24.2 Å². The summed E-state index contributed by atoms with van der Waals surface area (Å²) in [5, 5.41) is 13.5. The second-order valence-corrected chi connectivity index (χ2v) is 5.16. The van der Waals surface area contributed by atoms with E-state index in [1.807, 2.05) is 19.9 Å². The topological polar surface area (TPSA) is 83.6 Å². The van der Waals surface area contributed by atoms with Crippen molar-refractivity contribution in [2.24, 2.45) is 0 Å². The van der Waals surface area contributed by atoms with Gasteiger partial charge >= 0.3 is 0 Å². The lowest BCUT2D eigenvalue weighted by Gasteiger charge is -2.21. The molecule has 1 N–H and O–H groups in total. The van der Waals surface area contributed by atoms with E-state index in [4.69, 9.17) is 0 Å². The maximum absolute atomic E-state index is 12.4. The molecule has 0 spiro atoms. The third-order valence-electron chi connectivity index (χ3n) is 3.66. The molecule has 0 unspecified atom stereocenters. The summed E-state index contributed by atoms with van der Waals surface area (Å²) < 4.78 is 1.57. The van der Waals surface area contributed by atoms with Crippen LogP contribution in [0.1, 0.15) is 34.8 Å². The molecule has 20 heavy (non-hydrogen) atoms. The van der Waals surface area contributed by atoms with Gasteiger partial charge in [0.25, 0.3) is 11.7 Å². The fourth-order valence-corrected chi connectivity index (χ4v) is 2.68. The largest absolute Gasteiger partial charge is 0.394 e. The molecule has 0 aliphatic carbocycles. The molecule has 0 bridgehead atoms. The van der Waals surface area contributed by atoms with Gasteiger partial charge in [-0.15, -0.1) is 5.10 Å². The molecule has 1 saturated heterocycles. The van der Waals surface area contributed by atoms with Gasteiger partial charge < -0.3 is 10.0 Å². The van der Waals surface area contributed by atoms with Crippen molar-refractivity contribution in [2.45, 2.75) is 32.7 Å². The number of aliphatic hydroxyl groups excluding tert-OH is 1. The number of fused-ring (bicyclic) bond motifs is 1. The van der Waals surface area contributed by atoms with Crippen LogP contribution in [0.3, 0.4) is 0 Å². The summed E-state index contributed by atoms with van der Waals surface area (Å²) in [5.74, 6) is 0.348. The fourth-order valence-electron chi connectivity index (χ4n) is 2.68. The fraction of sp³-hybridized carbons (Fsp3) is 0.538. The molecule has 1 aliphatic rings. The first kappa shape index (κ1) is 13.0. The van der Waals surface area contributed by atoms with Gasteiger partial charge in [-0.25, -0.2) is 9.50 Å². The molecule has 7 heteroatoms.